The summed E-state index contributed by atoms with van der Waals surface area (Å²) >= 11 is -1.84. The molecule has 4 heteroatoms. The molecule has 1 N–H and O–H groups in total. The molecule has 0 amide bonds. The molecule has 1 rings (SSSR count). The maximum atomic E-state index is 4.48. The van der Waals surface area contributed by atoms with Crippen molar-refractivity contribution in [1.82, 2.24) is 3.26 Å². The largest absolute Gasteiger partial charge is 1.00 e. The zero-order valence-corrected chi connectivity index (χ0v) is 16.5. The summed E-state index contributed by atoms with van der Waals surface area (Å²) in [7, 11) is 0. The van der Waals surface area contributed by atoms with Crippen LogP contribution >= 0.6 is 0 Å². The maximum absolute atomic E-state index is 4.48. The summed E-state index contributed by atoms with van der Waals surface area (Å²) < 4.78 is 9.90. The van der Waals surface area contributed by atoms with E-state index in [1.165, 1.54) is 11.1 Å². The molecule has 1 aliphatic carbocycles. The van der Waals surface area contributed by atoms with Gasteiger partial charge in [0.15, 0.2) is 0 Å². The zero-order valence-electron chi connectivity index (χ0n) is 12.5. The third-order valence-corrected chi connectivity index (χ3v) is 9.66. The molecule has 18 heavy (non-hydrogen) atoms. The molecule has 1 aliphatic rings. The summed E-state index contributed by atoms with van der Waals surface area (Å²) in [6.45, 7) is 15.8. The minimum absolute atomic E-state index is 0. The van der Waals surface area contributed by atoms with Crippen molar-refractivity contribution in [1.29, 1.82) is 0 Å². The summed E-state index contributed by atoms with van der Waals surface area (Å²) in [5, 5.41) is 0. The Labute approximate surface area is 133 Å². The predicted molar refractivity (Wildman–Crippen MR) is 70.2 cm³/mol. The predicted octanol–water partition coefficient (Wildman–Crippen LogP) is -2.39. The van der Waals surface area contributed by atoms with Crippen molar-refractivity contribution in [2.45, 2.75) is 54.0 Å². The van der Waals surface area contributed by atoms with Gasteiger partial charge in [0.2, 0.25) is 0 Å². The van der Waals surface area contributed by atoms with Gasteiger partial charge >= 0.3 is 109 Å². The molecule has 0 radical (unpaired) electrons. The van der Waals surface area contributed by atoms with Crippen LogP contribution in [0.1, 0.15) is 48.5 Å². The molecule has 0 aromatic carbocycles. The van der Waals surface area contributed by atoms with Gasteiger partial charge in [-0.05, 0) is 0 Å². The second kappa shape index (κ2) is 7.53. The number of hydrogen-bond acceptors (Lipinski definition) is 1. The summed E-state index contributed by atoms with van der Waals surface area (Å²) in [6.07, 6.45) is 0. The van der Waals surface area contributed by atoms with Gasteiger partial charge in [-0.2, -0.15) is 0 Å². The molecule has 0 saturated carbocycles. The van der Waals surface area contributed by atoms with Crippen molar-refractivity contribution < 1.29 is 46.4 Å². The Kier molecular flexibility index (Phi) is 8.81. The molecule has 0 aromatic heterocycles. The van der Waals surface area contributed by atoms with Gasteiger partial charge < -0.3 is 24.8 Å². The average molecular weight is 369 g/mol. The van der Waals surface area contributed by atoms with Gasteiger partial charge in [0.1, 0.15) is 0 Å². The molecule has 1 atom stereocenters. The van der Waals surface area contributed by atoms with E-state index in [1.807, 2.05) is 0 Å². The second-order valence-electron chi connectivity index (χ2n) is 5.92. The van der Waals surface area contributed by atoms with Crippen molar-refractivity contribution in [3.8, 4) is 0 Å². The Bertz CT molecular complexity index is 389. The molecule has 1 unspecified atom stereocenters. The smallest absolute Gasteiger partial charge is 1.00 e. The van der Waals surface area contributed by atoms with Gasteiger partial charge in [-0.15, -0.1) is 0 Å². The molecule has 104 valence electrons. The SMILES string of the molecule is [CH2]=[Zr+2]([NH]C(C)(C)C)[C]1=C(C)C(C)=C(C)C1C.[Cl-].[Cl-]. The van der Waals surface area contributed by atoms with Crippen LogP contribution in [0.2, 0.25) is 0 Å². The molecule has 0 heterocycles. The third kappa shape index (κ3) is 4.71. The monoisotopic (exact) mass is 367 g/mol. The van der Waals surface area contributed by atoms with Gasteiger partial charge in [-0.1, -0.05) is 0 Å². The second-order valence-corrected chi connectivity index (χ2v) is 10.2. The summed E-state index contributed by atoms with van der Waals surface area (Å²) in [5.74, 6) is 0.627. The fourth-order valence-corrected chi connectivity index (χ4v) is 8.32. The first kappa shape index (κ1) is 21.1. The van der Waals surface area contributed by atoms with E-state index in [0.29, 0.717) is 5.92 Å². The van der Waals surface area contributed by atoms with Crippen LogP contribution in [0.15, 0.2) is 20.0 Å². The van der Waals surface area contributed by atoms with Crippen molar-refractivity contribution in [2.75, 3.05) is 0 Å². The van der Waals surface area contributed by atoms with E-state index in [9.17, 15) is 0 Å². The van der Waals surface area contributed by atoms with E-state index < -0.39 is 21.6 Å². The summed E-state index contributed by atoms with van der Waals surface area (Å²) in [6, 6.07) is 0. The molecule has 0 aromatic rings. The Hall–Kier alpha value is 0.773. The standard InChI is InChI=1S/C9H13.C4H10N.CH2.2ClH.Zr/c1-6-5-7(2)9(4)8(6)3;1-4(2,3)5;;;;/h6H,1-4H3;5H,1-3H3;1H2;2*1H;/q;-1;;;;+3/p-2. The van der Waals surface area contributed by atoms with Gasteiger partial charge in [0.25, 0.3) is 0 Å². The fourth-order valence-electron chi connectivity index (χ4n) is 2.37. The first-order valence-corrected chi connectivity index (χ1v) is 10.2. The zero-order chi connectivity index (χ0) is 12.7. The van der Waals surface area contributed by atoms with E-state index in [1.54, 1.807) is 8.85 Å². The molecule has 0 saturated heterocycles. The maximum Gasteiger partial charge on any atom is -1.00 e. The van der Waals surface area contributed by atoms with Gasteiger partial charge in [0, 0.05) is 0 Å². The minimum atomic E-state index is -1.84. The average Bonchev–Trinajstić information content (AvgIpc) is 2.28. The summed E-state index contributed by atoms with van der Waals surface area (Å²) in [4.78, 5) is 0. The van der Waals surface area contributed by atoms with Crippen LogP contribution in [0.3, 0.4) is 0 Å². The van der Waals surface area contributed by atoms with Crippen LogP contribution in [-0.4, -0.2) is 9.75 Å². The first-order valence-electron chi connectivity index (χ1n) is 6.01. The summed E-state index contributed by atoms with van der Waals surface area (Å²) in [5.41, 5.74) is 4.77. The number of hydrogen-bond donors (Lipinski definition) is 1. The normalized spacial score (nSPS) is 19.1. The molecule has 1 nitrogen and oxygen atoms in total. The third-order valence-electron chi connectivity index (χ3n) is 3.49. The van der Waals surface area contributed by atoms with Crippen molar-refractivity contribution >= 4 is 4.21 Å². The molecular weight excluding hydrogens is 344 g/mol. The molecule has 0 fully saturated rings. The molecular formula is C14H25Cl2NZr. The minimum Gasteiger partial charge on any atom is -1.00 e. The van der Waals surface area contributed by atoms with Crippen molar-refractivity contribution in [3.05, 3.63) is 20.0 Å². The van der Waals surface area contributed by atoms with Crippen LogP contribution in [0.25, 0.3) is 0 Å². The number of nitrogens with one attached hydrogen (secondary N) is 1. The van der Waals surface area contributed by atoms with E-state index in [-0.39, 0.29) is 30.4 Å². The molecule has 0 bridgehead atoms. The number of allylic oxidation sites excluding steroid dienone is 4. The molecule has 0 aliphatic heterocycles. The molecule has 0 spiro atoms. The van der Waals surface area contributed by atoms with Gasteiger partial charge in [0.05, 0.1) is 0 Å². The first-order chi connectivity index (χ1) is 7.15. The van der Waals surface area contributed by atoms with Crippen molar-refractivity contribution in [2.24, 2.45) is 5.92 Å². The van der Waals surface area contributed by atoms with Crippen LogP contribution < -0.4 is 28.1 Å². The Balaban J connectivity index is 0. The number of halogens is 2. The van der Waals surface area contributed by atoms with Gasteiger partial charge in [-0.25, -0.2) is 0 Å². The van der Waals surface area contributed by atoms with E-state index in [2.05, 4.69) is 55.9 Å². The topological polar surface area (TPSA) is 12.0 Å². The van der Waals surface area contributed by atoms with Crippen molar-refractivity contribution in [3.63, 3.8) is 0 Å². The van der Waals surface area contributed by atoms with Gasteiger partial charge in [-0.3, -0.25) is 0 Å². The van der Waals surface area contributed by atoms with E-state index >= 15 is 0 Å². The van der Waals surface area contributed by atoms with Crippen LogP contribution in [0, 0.1) is 5.92 Å². The Morgan fingerprint density at radius 1 is 1.06 bits per heavy atom. The van der Waals surface area contributed by atoms with Crippen LogP contribution in [0.4, 0.5) is 0 Å². The Morgan fingerprint density at radius 2 is 1.50 bits per heavy atom. The quantitative estimate of drug-likeness (QED) is 0.573. The van der Waals surface area contributed by atoms with E-state index in [0.717, 1.165) is 0 Å². The van der Waals surface area contributed by atoms with Crippen LogP contribution in [-0.2, 0) is 21.6 Å². The fraction of sp³-hybridized carbons (Fsp3) is 0.643. The Morgan fingerprint density at radius 3 is 1.78 bits per heavy atom. The number of rotatable bonds is 2. The van der Waals surface area contributed by atoms with E-state index in [4.69, 9.17) is 0 Å². The van der Waals surface area contributed by atoms with Crippen LogP contribution in [0.5, 0.6) is 0 Å².